The number of benzene rings is 1. The lowest BCUT2D eigenvalue weighted by Gasteiger charge is -2.31. The minimum Gasteiger partial charge on any atom is -0.300 e. The maximum atomic E-state index is 12.7. The van der Waals surface area contributed by atoms with E-state index in [0.29, 0.717) is 18.8 Å². The van der Waals surface area contributed by atoms with Gasteiger partial charge in [0.2, 0.25) is 0 Å². The average Bonchev–Trinajstić information content (AvgIpc) is 3.39. The van der Waals surface area contributed by atoms with Gasteiger partial charge in [0.05, 0.1) is 6.42 Å². The molecule has 3 atom stereocenters. The largest absolute Gasteiger partial charge is 0.300 e. The van der Waals surface area contributed by atoms with E-state index in [2.05, 4.69) is 19.9 Å². The molecule has 0 spiro atoms. The van der Waals surface area contributed by atoms with Crippen LogP contribution in [-0.4, -0.2) is 23.1 Å². The van der Waals surface area contributed by atoms with Gasteiger partial charge in [0.25, 0.3) is 0 Å². The van der Waals surface area contributed by atoms with Gasteiger partial charge < -0.3 is 4.79 Å². The van der Waals surface area contributed by atoms with E-state index in [9.17, 15) is 19.2 Å². The first-order valence-corrected chi connectivity index (χ1v) is 15.2. The summed E-state index contributed by atoms with van der Waals surface area (Å²) in [7, 11) is 0. The second-order valence-corrected chi connectivity index (χ2v) is 11.6. The summed E-state index contributed by atoms with van der Waals surface area (Å²) < 4.78 is 0. The van der Waals surface area contributed by atoms with Gasteiger partial charge in [-0.15, -0.1) is 0 Å². The number of carbonyl (C=O) groups excluding carboxylic acids is 4. The van der Waals surface area contributed by atoms with Gasteiger partial charge in [0.1, 0.15) is 17.3 Å². The molecule has 38 heavy (non-hydrogen) atoms. The summed E-state index contributed by atoms with van der Waals surface area (Å²) in [6.45, 7) is 13.4. The Morgan fingerprint density at radius 2 is 1.55 bits per heavy atom. The molecule has 1 saturated carbocycles. The molecule has 0 saturated heterocycles. The van der Waals surface area contributed by atoms with Crippen molar-refractivity contribution in [1.82, 2.24) is 0 Å². The van der Waals surface area contributed by atoms with Gasteiger partial charge in [-0.3, -0.25) is 14.4 Å². The molecule has 2 aliphatic rings. The lowest BCUT2D eigenvalue weighted by molar-refractivity contribution is -0.130. The molecule has 4 heteroatoms. The number of aryl methyl sites for hydroxylation is 1. The second kappa shape index (κ2) is 18.2. The molecule has 3 rings (SSSR count). The molecule has 0 aromatic heterocycles. The first-order valence-electron chi connectivity index (χ1n) is 15.2. The van der Waals surface area contributed by atoms with Crippen molar-refractivity contribution in [2.75, 3.05) is 0 Å². The van der Waals surface area contributed by atoms with Crippen molar-refractivity contribution in [2.45, 2.75) is 132 Å². The highest BCUT2D eigenvalue weighted by molar-refractivity contribution is 6.00. The quantitative estimate of drug-likeness (QED) is 0.270. The van der Waals surface area contributed by atoms with E-state index in [1.807, 2.05) is 32.9 Å². The third-order valence-electron chi connectivity index (χ3n) is 8.31. The first-order chi connectivity index (χ1) is 18.1. The Hall–Kier alpha value is -2.10. The predicted octanol–water partition coefficient (Wildman–Crippen LogP) is 8.69. The van der Waals surface area contributed by atoms with E-state index in [4.69, 9.17) is 0 Å². The van der Waals surface area contributed by atoms with Gasteiger partial charge in [0, 0.05) is 24.3 Å². The van der Waals surface area contributed by atoms with Gasteiger partial charge in [-0.2, -0.15) is 0 Å². The molecule has 214 valence electrons. The highest BCUT2D eigenvalue weighted by Gasteiger charge is 2.32. The molecule has 2 aliphatic carbocycles. The number of ketones is 4. The molecule has 1 aromatic carbocycles. The number of rotatable bonds is 11. The Kier molecular flexibility index (Phi) is 16.3. The Bertz CT molecular complexity index is 894. The third-order valence-corrected chi connectivity index (χ3v) is 8.31. The van der Waals surface area contributed by atoms with E-state index in [1.165, 1.54) is 39.0 Å². The summed E-state index contributed by atoms with van der Waals surface area (Å²) in [6.07, 6.45) is 13.3. The molecule has 1 fully saturated rings. The molecule has 0 N–H and O–H groups in total. The van der Waals surface area contributed by atoms with Crippen LogP contribution in [0, 0.1) is 30.6 Å². The lowest BCUT2D eigenvalue weighted by Crippen LogP contribution is -2.29. The Balaban J connectivity index is 0.000000493. The zero-order chi connectivity index (χ0) is 28.7. The Morgan fingerprint density at radius 3 is 2.03 bits per heavy atom. The molecule has 0 amide bonds. The first kappa shape index (κ1) is 33.9. The van der Waals surface area contributed by atoms with Gasteiger partial charge in [-0.05, 0) is 68.9 Å². The Labute approximate surface area is 232 Å². The molecule has 0 aliphatic heterocycles. The fourth-order valence-corrected chi connectivity index (χ4v) is 6.11. The maximum Gasteiger partial charge on any atom is 0.163 e. The number of hydrogen-bond donors (Lipinski definition) is 0. The minimum absolute atomic E-state index is 0.0460. The van der Waals surface area contributed by atoms with Crippen LogP contribution in [0.3, 0.4) is 0 Å². The van der Waals surface area contributed by atoms with Crippen LogP contribution in [0.1, 0.15) is 140 Å². The fourth-order valence-electron chi connectivity index (χ4n) is 6.11. The summed E-state index contributed by atoms with van der Waals surface area (Å²) in [6, 6.07) is 6.10. The van der Waals surface area contributed by atoms with Crippen LogP contribution in [0.2, 0.25) is 0 Å². The van der Waals surface area contributed by atoms with Crippen molar-refractivity contribution in [1.29, 1.82) is 0 Å². The zero-order valence-electron chi connectivity index (χ0n) is 25.4. The van der Waals surface area contributed by atoms with Crippen LogP contribution >= 0.6 is 0 Å². The van der Waals surface area contributed by atoms with E-state index in [1.54, 1.807) is 6.92 Å². The smallest absolute Gasteiger partial charge is 0.163 e. The van der Waals surface area contributed by atoms with Crippen LogP contribution in [-0.2, 0) is 20.8 Å². The van der Waals surface area contributed by atoms with Crippen LogP contribution in [0.15, 0.2) is 18.2 Å². The summed E-state index contributed by atoms with van der Waals surface area (Å²) in [5.74, 6) is 2.12. The standard InChI is InChI=1S/C23H32O3.C7H14.C4H8O/c1-5-8-18(20(6-2)21(25)11-16(4)24)12-17-13-19-10-7-9-15(3)23(19)22(26)14-17;1-2-7-5-3-4-6-7;1-3-4(2)5/h7,9-10,17-18,20H,5-6,8,11-14H2,1-4H3;7H,2-6H2,1H3;3H2,1-2H3. The number of fused-ring (bicyclic) bond motifs is 1. The normalized spacial score (nSPS) is 18.3. The highest BCUT2D eigenvalue weighted by Crippen LogP contribution is 2.36. The topological polar surface area (TPSA) is 68.3 Å². The molecular weight excluding hydrogens is 472 g/mol. The van der Waals surface area contributed by atoms with Crippen molar-refractivity contribution >= 4 is 23.1 Å². The van der Waals surface area contributed by atoms with Gasteiger partial charge >= 0.3 is 0 Å². The van der Waals surface area contributed by atoms with E-state index >= 15 is 0 Å². The summed E-state index contributed by atoms with van der Waals surface area (Å²) in [5.41, 5.74) is 3.14. The zero-order valence-corrected chi connectivity index (χ0v) is 25.4. The summed E-state index contributed by atoms with van der Waals surface area (Å²) in [5, 5.41) is 0. The van der Waals surface area contributed by atoms with Gasteiger partial charge in [-0.1, -0.05) is 90.8 Å². The number of carbonyl (C=O) groups is 4. The molecule has 0 radical (unpaired) electrons. The van der Waals surface area contributed by atoms with E-state index < -0.39 is 0 Å². The summed E-state index contributed by atoms with van der Waals surface area (Å²) >= 11 is 0. The molecule has 3 unspecified atom stereocenters. The van der Waals surface area contributed by atoms with Crippen LogP contribution in [0.4, 0.5) is 0 Å². The number of Topliss-reactive ketones (excluding diaryl/α,β-unsaturated/α-hetero) is 4. The van der Waals surface area contributed by atoms with Crippen LogP contribution in [0.25, 0.3) is 0 Å². The van der Waals surface area contributed by atoms with Crippen molar-refractivity contribution in [3.05, 3.63) is 34.9 Å². The van der Waals surface area contributed by atoms with E-state index in [0.717, 1.165) is 54.7 Å². The van der Waals surface area contributed by atoms with Gasteiger partial charge in [0.15, 0.2) is 5.78 Å². The van der Waals surface area contributed by atoms with Crippen LogP contribution < -0.4 is 0 Å². The van der Waals surface area contributed by atoms with Crippen molar-refractivity contribution in [2.24, 2.45) is 23.7 Å². The van der Waals surface area contributed by atoms with E-state index in [-0.39, 0.29) is 41.4 Å². The van der Waals surface area contributed by atoms with Gasteiger partial charge in [-0.25, -0.2) is 0 Å². The molecular formula is C34H54O4. The van der Waals surface area contributed by atoms with Crippen LogP contribution in [0.5, 0.6) is 0 Å². The Morgan fingerprint density at radius 1 is 0.921 bits per heavy atom. The number of hydrogen-bond acceptors (Lipinski definition) is 4. The second-order valence-electron chi connectivity index (χ2n) is 11.6. The molecule has 4 nitrogen and oxygen atoms in total. The monoisotopic (exact) mass is 526 g/mol. The average molecular weight is 527 g/mol. The minimum atomic E-state index is -0.0622. The van der Waals surface area contributed by atoms with Crippen molar-refractivity contribution in [3.63, 3.8) is 0 Å². The van der Waals surface area contributed by atoms with Crippen molar-refractivity contribution in [3.8, 4) is 0 Å². The van der Waals surface area contributed by atoms with Crippen molar-refractivity contribution < 1.29 is 19.2 Å². The molecule has 0 bridgehead atoms. The summed E-state index contributed by atoms with van der Waals surface area (Å²) in [4.78, 5) is 46.4. The lowest BCUT2D eigenvalue weighted by atomic mass is 9.72. The SMILES string of the molecule is CCC(C)=O.CCC1CCCC1.CCCC(CC1CC(=O)c2c(C)cccc2C1)C(CC)C(=O)CC(C)=O. The maximum absolute atomic E-state index is 12.7. The predicted molar refractivity (Wildman–Crippen MR) is 158 cm³/mol. The fraction of sp³-hybridized carbons (Fsp3) is 0.706. The highest BCUT2D eigenvalue weighted by atomic mass is 16.1. The molecule has 1 aromatic rings. The third kappa shape index (κ3) is 11.7. The molecule has 0 heterocycles.